The van der Waals surface area contributed by atoms with Gasteiger partial charge in [0.1, 0.15) is 5.82 Å². The SMILES string of the molecule is CN(C)Cc1ccc(Cn2ccnc2-c2cccc(-n3cccn3)c2)cc1. The van der Waals surface area contributed by atoms with E-state index in [2.05, 4.69) is 70.0 Å². The summed E-state index contributed by atoms with van der Waals surface area (Å²) < 4.78 is 4.05. The van der Waals surface area contributed by atoms with Gasteiger partial charge in [-0.25, -0.2) is 9.67 Å². The number of aromatic nitrogens is 4. The van der Waals surface area contributed by atoms with Crippen LogP contribution in [0.25, 0.3) is 17.1 Å². The molecule has 0 amide bonds. The summed E-state index contributed by atoms with van der Waals surface area (Å²) >= 11 is 0. The van der Waals surface area contributed by atoms with Crippen LogP contribution in [0.3, 0.4) is 0 Å². The smallest absolute Gasteiger partial charge is 0.140 e. The van der Waals surface area contributed by atoms with Gasteiger partial charge in [-0.15, -0.1) is 0 Å². The summed E-state index contributed by atoms with van der Waals surface area (Å²) in [6.45, 7) is 1.75. The summed E-state index contributed by atoms with van der Waals surface area (Å²) in [6.07, 6.45) is 7.62. The first kappa shape index (κ1) is 17.2. The van der Waals surface area contributed by atoms with Crippen LogP contribution < -0.4 is 0 Å². The summed E-state index contributed by atoms with van der Waals surface area (Å²) in [4.78, 5) is 6.76. The average Bonchev–Trinajstić information content (AvgIpc) is 3.35. The highest BCUT2D eigenvalue weighted by Crippen LogP contribution is 2.21. The van der Waals surface area contributed by atoms with E-state index in [0.29, 0.717) is 0 Å². The van der Waals surface area contributed by atoms with Crippen molar-refractivity contribution in [2.45, 2.75) is 13.1 Å². The Morgan fingerprint density at radius 3 is 2.44 bits per heavy atom. The Morgan fingerprint density at radius 2 is 1.70 bits per heavy atom. The molecule has 0 aliphatic rings. The van der Waals surface area contributed by atoms with Crippen LogP contribution in [0.5, 0.6) is 0 Å². The van der Waals surface area contributed by atoms with Gasteiger partial charge in [-0.1, -0.05) is 36.4 Å². The Morgan fingerprint density at radius 1 is 0.889 bits per heavy atom. The maximum atomic E-state index is 4.59. The summed E-state index contributed by atoms with van der Waals surface area (Å²) in [5.41, 5.74) is 4.69. The lowest BCUT2D eigenvalue weighted by Gasteiger charge is -2.12. The van der Waals surface area contributed by atoms with Crippen molar-refractivity contribution in [1.29, 1.82) is 0 Å². The van der Waals surface area contributed by atoms with Gasteiger partial charge in [0.05, 0.1) is 5.69 Å². The first-order valence-electron chi connectivity index (χ1n) is 9.03. The molecule has 27 heavy (non-hydrogen) atoms. The second-order valence-corrected chi connectivity index (χ2v) is 6.93. The monoisotopic (exact) mass is 357 g/mol. The van der Waals surface area contributed by atoms with Crippen LogP contribution in [0, 0.1) is 0 Å². The van der Waals surface area contributed by atoms with E-state index in [1.165, 1.54) is 11.1 Å². The fourth-order valence-electron chi connectivity index (χ4n) is 3.22. The minimum Gasteiger partial charge on any atom is -0.327 e. The highest BCUT2D eigenvalue weighted by atomic mass is 15.3. The normalized spacial score (nSPS) is 11.2. The van der Waals surface area contributed by atoms with Crippen LogP contribution in [0.15, 0.2) is 79.4 Å². The van der Waals surface area contributed by atoms with E-state index in [-0.39, 0.29) is 0 Å². The van der Waals surface area contributed by atoms with Gasteiger partial charge in [0.2, 0.25) is 0 Å². The minimum atomic E-state index is 0.795. The Hall–Kier alpha value is -3.18. The van der Waals surface area contributed by atoms with Crippen molar-refractivity contribution in [3.8, 4) is 17.1 Å². The lowest BCUT2D eigenvalue weighted by molar-refractivity contribution is 0.402. The molecule has 5 heteroatoms. The number of hydrogen-bond donors (Lipinski definition) is 0. The molecule has 0 aliphatic carbocycles. The van der Waals surface area contributed by atoms with Gasteiger partial charge in [-0.2, -0.15) is 5.10 Å². The molecule has 0 N–H and O–H groups in total. The number of nitrogens with zero attached hydrogens (tertiary/aromatic N) is 5. The average molecular weight is 357 g/mol. The van der Waals surface area contributed by atoms with Crippen LogP contribution in [0.2, 0.25) is 0 Å². The molecular formula is C22H23N5. The van der Waals surface area contributed by atoms with E-state index < -0.39 is 0 Å². The van der Waals surface area contributed by atoms with Crippen LogP contribution in [0.4, 0.5) is 0 Å². The van der Waals surface area contributed by atoms with Crippen molar-refractivity contribution in [1.82, 2.24) is 24.2 Å². The van der Waals surface area contributed by atoms with Crippen molar-refractivity contribution < 1.29 is 0 Å². The molecule has 0 spiro atoms. The predicted molar refractivity (Wildman–Crippen MR) is 108 cm³/mol. The molecule has 2 aromatic carbocycles. The van der Waals surface area contributed by atoms with E-state index in [1.54, 1.807) is 6.20 Å². The maximum absolute atomic E-state index is 4.59. The molecule has 0 saturated carbocycles. The van der Waals surface area contributed by atoms with Gasteiger partial charge >= 0.3 is 0 Å². The lowest BCUT2D eigenvalue weighted by Crippen LogP contribution is -2.10. The summed E-state index contributed by atoms with van der Waals surface area (Å²) in [7, 11) is 4.17. The van der Waals surface area contributed by atoms with Gasteiger partial charge in [0.15, 0.2) is 0 Å². The highest BCUT2D eigenvalue weighted by molar-refractivity contribution is 5.59. The molecule has 0 aliphatic heterocycles. The van der Waals surface area contributed by atoms with Crippen molar-refractivity contribution in [2.24, 2.45) is 0 Å². The van der Waals surface area contributed by atoms with E-state index >= 15 is 0 Å². The Balaban J connectivity index is 1.57. The molecule has 4 aromatic rings. The zero-order valence-electron chi connectivity index (χ0n) is 15.7. The van der Waals surface area contributed by atoms with Gasteiger partial charge in [-0.05, 0) is 43.4 Å². The molecule has 5 nitrogen and oxygen atoms in total. The summed E-state index contributed by atoms with van der Waals surface area (Å²) in [5.74, 6) is 0.960. The fraction of sp³-hybridized carbons (Fsp3) is 0.182. The molecule has 2 aromatic heterocycles. The molecular weight excluding hydrogens is 334 g/mol. The molecule has 0 bridgehead atoms. The van der Waals surface area contributed by atoms with Crippen LogP contribution in [0.1, 0.15) is 11.1 Å². The maximum Gasteiger partial charge on any atom is 0.140 e. The first-order valence-corrected chi connectivity index (χ1v) is 9.03. The molecule has 0 atom stereocenters. The molecule has 0 radical (unpaired) electrons. The Kier molecular flexibility index (Phi) is 4.85. The quantitative estimate of drug-likeness (QED) is 0.526. The molecule has 0 fully saturated rings. The van der Waals surface area contributed by atoms with Crippen molar-refractivity contribution >= 4 is 0 Å². The number of hydrogen-bond acceptors (Lipinski definition) is 3. The third-order valence-corrected chi connectivity index (χ3v) is 4.46. The van der Waals surface area contributed by atoms with Gasteiger partial charge in [-0.3, -0.25) is 0 Å². The highest BCUT2D eigenvalue weighted by Gasteiger charge is 2.08. The largest absolute Gasteiger partial charge is 0.327 e. The van der Waals surface area contributed by atoms with Crippen molar-refractivity contribution in [3.63, 3.8) is 0 Å². The number of benzene rings is 2. The van der Waals surface area contributed by atoms with Gasteiger partial charge < -0.3 is 9.47 Å². The summed E-state index contributed by atoms with van der Waals surface area (Å²) in [6, 6.07) is 19.0. The van der Waals surface area contributed by atoms with Gasteiger partial charge in [0, 0.05) is 43.4 Å². The van der Waals surface area contributed by atoms with Crippen LogP contribution >= 0.6 is 0 Å². The Labute approximate surface area is 159 Å². The van der Waals surface area contributed by atoms with Crippen molar-refractivity contribution in [2.75, 3.05) is 14.1 Å². The lowest BCUT2D eigenvalue weighted by atomic mass is 10.1. The van der Waals surface area contributed by atoms with Crippen LogP contribution in [-0.2, 0) is 13.1 Å². The van der Waals surface area contributed by atoms with Gasteiger partial charge in [0.25, 0.3) is 0 Å². The fourth-order valence-corrected chi connectivity index (χ4v) is 3.22. The third-order valence-electron chi connectivity index (χ3n) is 4.46. The van der Waals surface area contributed by atoms with E-state index in [1.807, 2.05) is 41.5 Å². The predicted octanol–water partition coefficient (Wildman–Crippen LogP) is 3.85. The third kappa shape index (κ3) is 3.99. The molecule has 0 saturated heterocycles. The van der Waals surface area contributed by atoms with E-state index in [9.17, 15) is 0 Å². The topological polar surface area (TPSA) is 38.9 Å². The number of imidazole rings is 1. The van der Waals surface area contributed by atoms with E-state index in [4.69, 9.17) is 0 Å². The zero-order chi connectivity index (χ0) is 18.6. The molecule has 0 unspecified atom stereocenters. The second kappa shape index (κ2) is 7.60. The second-order valence-electron chi connectivity index (χ2n) is 6.93. The molecule has 2 heterocycles. The standard InChI is InChI=1S/C22H23N5/c1-25(2)16-18-7-9-19(10-8-18)17-26-14-12-23-22(26)20-5-3-6-21(15-20)27-13-4-11-24-27/h3-15H,16-17H2,1-2H3. The van der Waals surface area contributed by atoms with E-state index in [0.717, 1.165) is 30.2 Å². The number of rotatable bonds is 6. The molecule has 4 rings (SSSR count). The van der Waals surface area contributed by atoms with Crippen molar-refractivity contribution in [3.05, 3.63) is 90.5 Å². The molecule has 136 valence electrons. The minimum absolute atomic E-state index is 0.795. The first-order chi connectivity index (χ1) is 13.2. The summed E-state index contributed by atoms with van der Waals surface area (Å²) in [5, 5.41) is 4.31. The van der Waals surface area contributed by atoms with Crippen LogP contribution in [-0.4, -0.2) is 38.3 Å². The Bertz CT molecular complexity index is 997. The zero-order valence-corrected chi connectivity index (χ0v) is 15.7.